The minimum Gasteiger partial charge on any atom is -0.480 e. The molecule has 1 unspecified atom stereocenters. The molecule has 15 heavy (non-hydrogen) atoms. The molecule has 4 heteroatoms. The predicted molar refractivity (Wildman–Crippen MR) is 58.2 cm³/mol. The van der Waals surface area contributed by atoms with Crippen molar-refractivity contribution in [1.29, 1.82) is 0 Å². The zero-order valence-corrected chi connectivity index (χ0v) is 8.52. The van der Waals surface area contributed by atoms with Gasteiger partial charge in [-0.2, -0.15) is 0 Å². The highest BCUT2D eigenvalue weighted by atomic mass is 16.4. The van der Waals surface area contributed by atoms with Crippen molar-refractivity contribution in [1.82, 2.24) is 0 Å². The highest BCUT2D eigenvalue weighted by Crippen LogP contribution is 2.23. The van der Waals surface area contributed by atoms with Crippen molar-refractivity contribution in [2.24, 2.45) is 11.5 Å². The Morgan fingerprint density at radius 1 is 1.33 bits per heavy atom. The molecule has 0 amide bonds. The predicted octanol–water partition coefficient (Wildman–Crippen LogP) is 0.664. The number of carbonyl (C=O) groups is 1. The first-order valence-electron chi connectivity index (χ1n) is 4.89. The van der Waals surface area contributed by atoms with Crippen LogP contribution in [0.3, 0.4) is 0 Å². The first kappa shape index (κ1) is 11.7. The second kappa shape index (κ2) is 4.91. The molecule has 0 heterocycles. The lowest BCUT2D eigenvalue weighted by Crippen LogP contribution is -2.45. The van der Waals surface area contributed by atoms with E-state index < -0.39 is 11.5 Å². The van der Waals surface area contributed by atoms with Crippen molar-refractivity contribution in [3.05, 3.63) is 35.9 Å². The lowest BCUT2D eigenvalue weighted by atomic mass is 9.86. The van der Waals surface area contributed by atoms with Gasteiger partial charge in [0.15, 0.2) is 0 Å². The lowest BCUT2D eigenvalue weighted by Gasteiger charge is -2.24. The van der Waals surface area contributed by atoms with Crippen LogP contribution in [0.1, 0.15) is 18.4 Å². The van der Waals surface area contributed by atoms with Crippen molar-refractivity contribution in [2.45, 2.75) is 18.4 Å². The van der Waals surface area contributed by atoms with Crippen LogP contribution in [0.5, 0.6) is 0 Å². The third kappa shape index (κ3) is 2.55. The Hall–Kier alpha value is -1.39. The van der Waals surface area contributed by atoms with Crippen molar-refractivity contribution in [3.8, 4) is 0 Å². The van der Waals surface area contributed by atoms with Crippen LogP contribution in [0.4, 0.5) is 0 Å². The Kier molecular flexibility index (Phi) is 3.82. The summed E-state index contributed by atoms with van der Waals surface area (Å²) in [7, 11) is 0. The molecule has 0 fully saturated rings. The normalized spacial score (nSPS) is 14.5. The van der Waals surface area contributed by atoms with E-state index in [0.717, 1.165) is 0 Å². The summed E-state index contributed by atoms with van der Waals surface area (Å²) in [6, 6.07) is 8.84. The minimum absolute atomic E-state index is 0.350. The number of carboxylic acids is 1. The molecular weight excluding hydrogens is 192 g/mol. The molecule has 0 aliphatic carbocycles. The summed E-state index contributed by atoms with van der Waals surface area (Å²) in [6.45, 7) is 0.444. The lowest BCUT2D eigenvalue weighted by molar-refractivity contribution is -0.144. The summed E-state index contributed by atoms with van der Waals surface area (Å²) in [4.78, 5) is 11.2. The molecule has 82 valence electrons. The zero-order chi connectivity index (χ0) is 11.3. The zero-order valence-electron chi connectivity index (χ0n) is 8.52. The number of hydrogen-bond acceptors (Lipinski definition) is 3. The Bertz CT molecular complexity index is 327. The van der Waals surface area contributed by atoms with Crippen LogP contribution in [0.15, 0.2) is 30.3 Å². The average Bonchev–Trinajstić information content (AvgIpc) is 2.27. The van der Waals surface area contributed by atoms with Crippen molar-refractivity contribution in [2.75, 3.05) is 6.54 Å². The molecule has 1 aromatic rings. The molecule has 0 radical (unpaired) electrons. The molecule has 0 bridgehead atoms. The van der Waals surface area contributed by atoms with E-state index in [-0.39, 0.29) is 0 Å². The van der Waals surface area contributed by atoms with Gasteiger partial charge in [-0.05, 0) is 24.9 Å². The van der Waals surface area contributed by atoms with E-state index in [1.807, 2.05) is 6.07 Å². The van der Waals surface area contributed by atoms with Gasteiger partial charge in [0.1, 0.15) is 5.54 Å². The van der Waals surface area contributed by atoms with Crippen LogP contribution < -0.4 is 11.5 Å². The molecule has 0 aliphatic heterocycles. The second-order valence-corrected chi connectivity index (χ2v) is 3.53. The Balaban J connectivity index is 2.96. The molecule has 0 saturated heterocycles. The van der Waals surface area contributed by atoms with E-state index in [1.165, 1.54) is 0 Å². The molecule has 5 N–H and O–H groups in total. The molecule has 0 saturated carbocycles. The SMILES string of the molecule is NCCCC(N)(C(=O)O)c1ccccc1. The third-order valence-electron chi connectivity index (χ3n) is 2.45. The summed E-state index contributed by atoms with van der Waals surface area (Å²) >= 11 is 0. The Labute approximate surface area is 88.9 Å². The number of benzene rings is 1. The van der Waals surface area contributed by atoms with E-state index in [1.54, 1.807) is 24.3 Å². The van der Waals surface area contributed by atoms with Crippen LogP contribution in [0, 0.1) is 0 Å². The summed E-state index contributed by atoms with van der Waals surface area (Å²) in [5.41, 5.74) is 10.6. The highest BCUT2D eigenvalue weighted by Gasteiger charge is 2.34. The molecule has 1 rings (SSSR count). The maximum Gasteiger partial charge on any atom is 0.328 e. The van der Waals surface area contributed by atoms with Gasteiger partial charge >= 0.3 is 5.97 Å². The van der Waals surface area contributed by atoms with Gasteiger partial charge in [-0.25, -0.2) is 4.79 Å². The van der Waals surface area contributed by atoms with Crippen LogP contribution >= 0.6 is 0 Å². The highest BCUT2D eigenvalue weighted by molar-refractivity contribution is 5.80. The molecule has 0 aliphatic rings. The van der Waals surface area contributed by atoms with Crippen LogP contribution in [0.2, 0.25) is 0 Å². The summed E-state index contributed by atoms with van der Waals surface area (Å²) in [5, 5.41) is 9.15. The number of nitrogens with two attached hydrogens (primary N) is 2. The fourth-order valence-corrected chi connectivity index (χ4v) is 1.49. The molecular formula is C11H16N2O2. The van der Waals surface area contributed by atoms with Gasteiger partial charge in [-0.3, -0.25) is 0 Å². The first-order chi connectivity index (χ1) is 7.11. The molecule has 0 aromatic heterocycles. The summed E-state index contributed by atoms with van der Waals surface area (Å²) < 4.78 is 0. The fraction of sp³-hybridized carbons (Fsp3) is 0.364. The largest absolute Gasteiger partial charge is 0.480 e. The summed E-state index contributed by atoms with van der Waals surface area (Å²) in [6.07, 6.45) is 0.945. The number of rotatable bonds is 5. The van der Waals surface area contributed by atoms with Crippen LogP contribution in [-0.4, -0.2) is 17.6 Å². The minimum atomic E-state index is -1.32. The first-order valence-corrected chi connectivity index (χ1v) is 4.89. The van der Waals surface area contributed by atoms with Gasteiger partial charge in [0.2, 0.25) is 0 Å². The van der Waals surface area contributed by atoms with Gasteiger partial charge in [0, 0.05) is 0 Å². The monoisotopic (exact) mass is 208 g/mol. The van der Waals surface area contributed by atoms with E-state index >= 15 is 0 Å². The van der Waals surface area contributed by atoms with Gasteiger partial charge < -0.3 is 16.6 Å². The van der Waals surface area contributed by atoms with Crippen LogP contribution in [0.25, 0.3) is 0 Å². The van der Waals surface area contributed by atoms with Crippen molar-refractivity contribution >= 4 is 5.97 Å². The smallest absolute Gasteiger partial charge is 0.328 e. The number of aliphatic carboxylic acids is 1. The third-order valence-corrected chi connectivity index (χ3v) is 2.45. The summed E-state index contributed by atoms with van der Waals surface area (Å²) in [5.74, 6) is -1.01. The van der Waals surface area contributed by atoms with Gasteiger partial charge in [-0.1, -0.05) is 30.3 Å². The fourth-order valence-electron chi connectivity index (χ4n) is 1.49. The molecule has 0 spiro atoms. The molecule has 4 nitrogen and oxygen atoms in total. The van der Waals surface area contributed by atoms with Gasteiger partial charge in [-0.15, -0.1) is 0 Å². The average molecular weight is 208 g/mol. The van der Waals surface area contributed by atoms with E-state index in [4.69, 9.17) is 16.6 Å². The van der Waals surface area contributed by atoms with E-state index in [0.29, 0.717) is 24.9 Å². The molecule has 1 aromatic carbocycles. The quantitative estimate of drug-likeness (QED) is 0.663. The second-order valence-electron chi connectivity index (χ2n) is 3.53. The molecule has 1 atom stereocenters. The van der Waals surface area contributed by atoms with Gasteiger partial charge in [0.25, 0.3) is 0 Å². The maximum atomic E-state index is 11.2. The maximum absolute atomic E-state index is 11.2. The number of hydrogen-bond donors (Lipinski definition) is 3. The van der Waals surface area contributed by atoms with E-state index in [9.17, 15) is 4.79 Å². The van der Waals surface area contributed by atoms with Gasteiger partial charge in [0.05, 0.1) is 0 Å². The van der Waals surface area contributed by atoms with Crippen LogP contribution in [-0.2, 0) is 10.3 Å². The number of carboxylic acid groups (broad SMARTS) is 1. The van der Waals surface area contributed by atoms with Crippen molar-refractivity contribution in [3.63, 3.8) is 0 Å². The topological polar surface area (TPSA) is 89.3 Å². The Morgan fingerprint density at radius 2 is 1.93 bits per heavy atom. The standard InChI is InChI=1S/C11H16N2O2/c12-8-4-7-11(13,10(14)15)9-5-2-1-3-6-9/h1-3,5-6H,4,7-8,12-13H2,(H,14,15). The van der Waals surface area contributed by atoms with Crippen molar-refractivity contribution < 1.29 is 9.90 Å². The Morgan fingerprint density at radius 3 is 2.40 bits per heavy atom. The van der Waals surface area contributed by atoms with E-state index in [2.05, 4.69) is 0 Å².